The summed E-state index contributed by atoms with van der Waals surface area (Å²) in [6.07, 6.45) is 6.87. The maximum atomic E-state index is 12.4. The molecule has 7 heteroatoms. The number of fused-ring (bicyclic) bond motifs is 1. The fourth-order valence-corrected chi connectivity index (χ4v) is 4.50. The number of nitrogens with one attached hydrogen (secondary N) is 1. The zero-order valence-electron chi connectivity index (χ0n) is 14.7. The summed E-state index contributed by atoms with van der Waals surface area (Å²) in [5.74, 6) is -0.624. The second-order valence-corrected chi connectivity index (χ2v) is 7.40. The molecule has 0 atom stereocenters. The number of nitrogens with zero attached hydrogens (tertiary/aromatic N) is 1. The Balaban J connectivity index is 1.76. The summed E-state index contributed by atoms with van der Waals surface area (Å²) in [6, 6.07) is 4.88. The molecular formula is C19H22N2O4S. The maximum absolute atomic E-state index is 12.4. The zero-order chi connectivity index (χ0) is 18.5. The van der Waals surface area contributed by atoms with Crippen LogP contribution < -0.4 is 10.9 Å². The molecule has 0 bridgehead atoms. The van der Waals surface area contributed by atoms with E-state index in [4.69, 9.17) is 4.74 Å². The second kappa shape index (κ2) is 8.31. The van der Waals surface area contributed by atoms with Gasteiger partial charge in [-0.25, -0.2) is 4.79 Å². The highest BCUT2D eigenvalue weighted by Crippen LogP contribution is 2.38. The first-order chi connectivity index (χ1) is 12.6. The number of hydrogen-bond donors (Lipinski definition) is 1. The van der Waals surface area contributed by atoms with Gasteiger partial charge in [0, 0.05) is 30.1 Å². The highest BCUT2D eigenvalue weighted by Gasteiger charge is 2.26. The quantitative estimate of drug-likeness (QED) is 0.645. The van der Waals surface area contributed by atoms with Crippen molar-refractivity contribution in [2.24, 2.45) is 0 Å². The Labute approximate surface area is 155 Å². The number of rotatable bonds is 5. The van der Waals surface area contributed by atoms with E-state index in [1.807, 2.05) is 0 Å². The SMILES string of the molecule is COC(=O)c1c(NC(=O)CCn2ccccc2=O)sc2c1CCCCC2. The van der Waals surface area contributed by atoms with Gasteiger partial charge in [-0.15, -0.1) is 11.3 Å². The largest absolute Gasteiger partial charge is 0.465 e. The first kappa shape index (κ1) is 18.4. The molecule has 6 nitrogen and oxygen atoms in total. The fourth-order valence-electron chi connectivity index (χ4n) is 3.21. The van der Waals surface area contributed by atoms with Gasteiger partial charge < -0.3 is 14.6 Å². The predicted octanol–water partition coefficient (Wildman–Crippen LogP) is 2.99. The number of amides is 1. The van der Waals surface area contributed by atoms with Crippen molar-refractivity contribution < 1.29 is 14.3 Å². The smallest absolute Gasteiger partial charge is 0.341 e. The second-order valence-electron chi connectivity index (χ2n) is 6.29. The number of aromatic nitrogens is 1. The molecule has 2 aromatic heterocycles. The minimum absolute atomic E-state index is 0.140. The first-order valence-corrected chi connectivity index (χ1v) is 9.60. The third-order valence-electron chi connectivity index (χ3n) is 4.54. The minimum Gasteiger partial charge on any atom is -0.465 e. The van der Waals surface area contributed by atoms with Gasteiger partial charge in [-0.3, -0.25) is 9.59 Å². The third-order valence-corrected chi connectivity index (χ3v) is 5.75. The van der Waals surface area contributed by atoms with Gasteiger partial charge in [-0.1, -0.05) is 12.5 Å². The van der Waals surface area contributed by atoms with Crippen molar-refractivity contribution in [2.75, 3.05) is 12.4 Å². The van der Waals surface area contributed by atoms with Crippen LogP contribution in [0.4, 0.5) is 5.00 Å². The Morgan fingerprint density at radius 2 is 2.04 bits per heavy atom. The molecule has 0 saturated heterocycles. The Bertz CT molecular complexity index is 869. The van der Waals surface area contributed by atoms with E-state index in [0.29, 0.717) is 17.1 Å². The maximum Gasteiger partial charge on any atom is 0.341 e. The van der Waals surface area contributed by atoms with Crippen molar-refractivity contribution >= 4 is 28.2 Å². The summed E-state index contributed by atoms with van der Waals surface area (Å²) < 4.78 is 6.43. The number of hydrogen-bond acceptors (Lipinski definition) is 5. The van der Waals surface area contributed by atoms with E-state index < -0.39 is 5.97 Å². The van der Waals surface area contributed by atoms with Crippen LogP contribution in [0.2, 0.25) is 0 Å². The lowest BCUT2D eigenvalue weighted by Crippen LogP contribution is -2.22. The van der Waals surface area contributed by atoms with Gasteiger partial charge in [0.1, 0.15) is 5.00 Å². The number of thiophene rings is 1. The molecule has 1 amide bonds. The Kier molecular flexibility index (Phi) is 5.88. The number of anilines is 1. The molecule has 1 aliphatic rings. The minimum atomic E-state index is -0.404. The number of carbonyl (C=O) groups excluding carboxylic acids is 2. The van der Waals surface area contributed by atoms with Crippen molar-refractivity contribution in [3.8, 4) is 0 Å². The number of aryl methyl sites for hydroxylation is 2. The number of pyridine rings is 1. The summed E-state index contributed by atoms with van der Waals surface area (Å²) in [7, 11) is 1.36. The first-order valence-electron chi connectivity index (χ1n) is 8.78. The average molecular weight is 374 g/mol. The molecule has 0 aromatic carbocycles. The van der Waals surface area contributed by atoms with Gasteiger partial charge >= 0.3 is 5.97 Å². The number of esters is 1. The van der Waals surface area contributed by atoms with Gasteiger partial charge in [0.05, 0.1) is 12.7 Å². The van der Waals surface area contributed by atoms with Crippen LogP contribution in [-0.2, 0) is 28.9 Å². The molecule has 0 aliphatic heterocycles. The summed E-state index contributed by atoms with van der Waals surface area (Å²) in [4.78, 5) is 37.5. The third kappa shape index (κ3) is 4.04. The molecule has 1 aliphatic carbocycles. The molecule has 1 N–H and O–H groups in total. The topological polar surface area (TPSA) is 77.4 Å². The van der Waals surface area contributed by atoms with E-state index in [2.05, 4.69) is 5.32 Å². The van der Waals surface area contributed by atoms with Crippen molar-refractivity contribution in [1.82, 2.24) is 4.57 Å². The van der Waals surface area contributed by atoms with Gasteiger partial charge in [0.2, 0.25) is 5.91 Å². The summed E-state index contributed by atoms with van der Waals surface area (Å²) in [5, 5.41) is 3.42. The Hall–Kier alpha value is -2.41. The molecule has 0 spiro atoms. The summed E-state index contributed by atoms with van der Waals surface area (Å²) >= 11 is 1.47. The molecule has 3 rings (SSSR count). The molecule has 0 unspecified atom stereocenters. The van der Waals surface area contributed by atoms with Crippen molar-refractivity contribution in [3.05, 3.63) is 50.8 Å². The normalized spacial score (nSPS) is 13.6. The molecule has 0 saturated carbocycles. The van der Waals surface area contributed by atoms with E-state index in [-0.39, 0.29) is 17.9 Å². The Morgan fingerprint density at radius 3 is 2.81 bits per heavy atom. The average Bonchev–Trinajstić information content (AvgIpc) is 2.81. The van der Waals surface area contributed by atoms with E-state index in [0.717, 1.165) is 42.5 Å². The van der Waals surface area contributed by atoms with Gasteiger partial charge in [0.25, 0.3) is 5.56 Å². The molecule has 0 fully saturated rings. The molecule has 26 heavy (non-hydrogen) atoms. The monoisotopic (exact) mass is 374 g/mol. The van der Waals surface area contributed by atoms with E-state index in [1.54, 1.807) is 18.3 Å². The molecule has 0 radical (unpaired) electrons. The van der Waals surface area contributed by atoms with Crippen molar-refractivity contribution in [2.45, 2.75) is 45.1 Å². The van der Waals surface area contributed by atoms with Gasteiger partial charge in [-0.2, -0.15) is 0 Å². The van der Waals surface area contributed by atoms with Crippen molar-refractivity contribution in [1.29, 1.82) is 0 Å². The summed E-state index contributed by atoms with van der Waals surface area (Å²) in [5.41, 5.74) is 1.38. The van der Waals surface area contributed by atoms with E-state index in [9.17, 15) is 14.4 Å². The Morgan fingerprint density at radius 1 is 1.23 bits per heavy atom. The molecule has 2 heterocycles. The van der Waals surface area contributed by atoms with Crippen LogP contribution in [0, 0.1) is 0 Å². The molecule has 138 valence electrons. The highest BCUT2D eigenvalue weighted by atomic mass is 32.1. The highest BCUT2D eigenvalue weighted by molar-refractivity contribution is 7.17. The van der Waals surface area contributed by atoms with Crippen LogP contribution in [-0.4, -0.2) is 23.6 Å². The zero-order valence-corrected chi connectivity index (χ0v) is 15.6. The van der Waals surface area contributed by atoms with Crippen LogP contribution in [0.25, 0.3) is 0 Å². The van der Waals surface area contributed by atoms with E-state index in [1.165, 1.54) is 29.1 Å². The lowest BCUT2D eigenvalue weighted by molar-refractivity contribution is -0.116. The van der Waals surface area contributed by atoms with Crippen molar-refractivity contribution in [3.63, 3.8) is 0 Å². The van der Waals surface area contributed by atoms with Crippen LogP contribution in [0.1, 0.15) is 46.5 Å². The molecular weight excluding hydrogens is 352 g/mol. The van der Waals surface area contributed by atoms with Crippen LogP contribution >= 0.6 is 11.3 Å². The predicted molar refractivity (Wildman–Crippen MR) is 101 cm³/mol. The lowest BCUT2D eigenvalue weighted by Gasteiger charge is -2.08. The van der Waals surface area contributed by atoms with Gasteiger partial charge in [-0.05, 0) is 37.3 Å². The van der Waals surface area contributed by atoms with Gasteiger partial charge in [0.15, 0.2) is 0 Å². The fraction of sp³-hybridized carbons (Fsp3) is 0.421. The number of methoxy groups -OCH3 is 1. The lowest BCUT2D eigenvalue weighted by atomic mass is 10.1. The number of carbonyl (C=O) groups is 2. The van der Waals surface area contributed by atoms with Crippen LogP contribution in [0.3, 0.4) is 0 Å². The van der Waals surface area contributed by atoms with Crippen LogP contribution in [0.15, 0.2) is 29.2 Å². The van der Waals surface area contributed by atoms with E-state index >= 15 is 0 Å². The standard InChI is InChI=1S/C19H22N2O4S/c1-25-19(24)17-13-7-3-2-4-8-14(13)26-18(17)20-15(22)10-12-21-11-6-5-9-16(21)23/h5-6,9,11H,2-4,7-8,10,12H2,1H3,(H,20,22). The summed E-state index contributed by atoms with van der Waals surface area (Å²) in [6.45, 7) is 0.296. The van der Waals surface area contributed by atoms with Crippen LogP contribution in [0.5, 0.6) is 0 Å². The molecule has 2 aromatic rings. The number of ether oxygens (including phenoxy) is 1.